The van der Waals surface area contributed by atoms with Crippen molar-refractivity contribution < 1.29 is 23.8 Å². The predicted octanol–water partition coefficient (Wildman–Crippen LogP) is 3.45. The van der Waals surface area contributed by atoms with E-state index in [0.717, 1.165) is 21.9 Å². The third-order valence-corrected chi connectivity index (χ3v) is 4.55. The van der Waals surface area contributed by atoms with Gasteiger partial charge in [-0.1, -0.05) is 36.4 Å². The monoisotopic (exact) mass is 411 g/mol. The van der Waals surface area contributed by atoms with E-state index in [2.05, 4.69) is 10.4 Å². The number of aromatic nitrogens is 2. The summed E-state index contributed by atoms with van der Waals surface area (Å²) in [6, 6.07) is 13.6. The maximum absolute atomic E-state index is 14.0. The van der Waals surface area contributed by atoms with Gasteiger partial charge in [-0.15, -0.1) is 0 Å². The fourth-order valence-corrected chi connectivity index (χ4v) is 3.12. The molecule has 8 heteroatoms. The highest BCUT2D eigenvalue weighted by atomic mass is 19.1. The Morgan fingerprint density at radius 1 is 1.20 bits per heavy atom. The number of amides is 1. The average molecular weight is 411 g/mol. The first-order valence-corrected chi connectivity index (χ1v) is 9.46. The highest BCUT2D eigenvalue weighted by Crippen LogP contribution is 2.24. The van der Waals surface area contributed by atoms with E-state index in [1.54, 1.807) is 13.0 Å². The van der Waals surface area contributed by atoms with Gasteiger partial charge in [0.2, 0.25) is 5.88 Å². The molecule has 1 amide bonds. The normalized spacial score (nSPS) is 11.7. The fraction of sp³-hybridized carbons (Fsp3) is 0.227. The molecule has 156 valence electrons. The van der Waals surface area contributed by atoms with E-state index < -0.39 is 23.7 Å². The van der Waals surface area contributed by atoms with Crippen molar-refractivity contribution in [3.05, 3.63) is 77.2 Å². The molecule has 0 aliphatic rings. The molecule has 0 fully saturated rings. The molecule has 3 rings (SSSR count). The molecule has 0 radical (unpaired) electrons. The molecule has 1 atom stereocenters. The van der Waals surface area contributed by atoms with Gasteiger partial charge in [0.05, 0.1) is 19.1 Å². The van der Waals surface area contributed by atoms with Crippen LogP contribution in [0, 0.1) is 12.7 Å². The SMILES string of the molecule is CCOC(=O)C[C@H](NC(=O)c1cc(O)n(-c2ccccc2F)n1)c1ccccc1C. The second-order valence-corrected chi connectivity index (χ2v) is 6.64. The van der Waals surface area contributed by atoms with Gasteiger partial charge in [0.15, 0.2) is 5.69 Å². The Morgan fingerprint density at radius 3 is 2.60 bits per heavy atom. The van der Waals surface area contributed by atoms with Crippen molar-refractivity contribution in [1.29, 1.82) is 0 Å². The standard InChI is InChI=1S/C22H22FN3O4/c1-3-30-21(28)13-17(15-9-5-4-8-14(15)2)24-22(29)18-12-20(27)26(25-18)19-11-7-6-10-16(19)23/h4-12,17,27H,3,13H2,1-2H3,(H,24,29)/t17-/m0/s1. The van der Waals surface area contributed by atoms with Crippen LogP contribution in [0.3, 0.4) is 0 Å². The lowest BCUT2D eigenvalue weighted by atomic mass is 9.98. The third-order valence-electron chi connectivity index (χ3n) is 4.55. The van der Waals surface area contributed by atoms with Crippen LogP contribution in [0.4, 0.5) is 4.39 Å². The van der Waals surface area contributed by atoms with Crippen LogP contribution in [0.1, 0.15) is 41.0 Å². The van der Waals surface area contributed by atoms with Crippen molar-refractivity contribution >= 4 is 11.9 Å². The number of benzene rings is 2. The number of esters is 1. The number of rotatable bonds is 7. The fourth-order valence-electron chi connectivity index (χ4n) is 3.12. The molecule has 2 N–H and O–H groups in total. The molecule has 1 aromatic heterocycles. The highest BCUT2D eigenvalue weighted by molar-refractivity contribution is 5.93. The first-order chi connectivity index (χ1) is 14.4. The van der Waals surface area contributed by atoms with Crippen molar-refractivity contribution in [3.8, 4) is 11.6 Å². The van der Waals surface area contributed by atoms with Crippen molar-refractivity contribution in [2.45, 2.75) is 26.3 Å². The lowest BCUT2D eigenvalue weighted by Crippen LogP contribution is -2.31. The van der Waals surface area contributed by atoms with Gasteiger partial charge >= 0.3 is 5.97 Å². The molecule has 0 aliphatic carbocycles. The Balaban J connectivity index is 1.87. The number of carbonyl (C=O) groups is 2. The molecular weight excluding hydrogens is 389 g/mol. The van der Waals surface area contributed by atoms with Gasteiger partial charge in [0.1, 0.15) is 11.5 Å². The Kier molecular flexibility index (Phi) is 6.46. The number of nitrogens with one attached hydrogen (secondary N) is 1. The number of nitrogens with zero attached hydrogens (tertiary/aromatic N) is 2. The maximum atomic E-state index is 14.0. The summed E-state index contributed by atoms with van der Waals surface area (Å²) in [6.45, 7) is 3.81. The molecular formula is C22H22FN3O4. The van der Waals surface area contributed by atoms with Crippen LogP contribution < -0.4 is 5.32 Å². The predicted molar refractivity (Wildman–Crippen MR) is 108 cm³/mol. The zero-order valence-corrected chi connectivity index (χ0v) is 16.6. The summed E-state index contributed by atoms with van der Waals surface area (Å²) in [5.74, 6) is -2.05. The van der Waals surface area contributed by atoms with Crippen molar-refractivity contribution in [1.82, 2.24) is 15.1 Å². The molecule has 2 aromatic carbocycles. The summed E-state index contributed by atoms with van der Waals surface area (Å²) in [7, 11) is 0. The molecule has 0 saturated carbocycles. The minimum Gasteiger partial charge on any atom is -0.493 e. The second kappa shape index (κ2) is 9.21. The first kappa shape index (κ1) is 21.0. The molecule has 30 heavy (non-hydrogen) atoms. The molecule has 0 spiro atoms. The number of ether oxygens (including phenoxy) is 1. The van der Waals surface area contributed by atoms with E-state index in [9.17, 15) is 19.1 Å². The number of para-hydroxylation sites is 1. The van der Waals surface area contributed by atoms with Crippen molar-refractivity contribution in [2.75, 3.05) is 6.61 Å². The summed E-state index contributed by atoms with van der Waals surface area (Å²) in [4.78, 5) is 24.9. The molecule has 3 aromatic rings. The number of carbonyl (C=O) groups excluding carboxylic acids is 2. The van der Waals surface area contributed by atoms with Crippen LogP contribution in [0.5, 0.6) is 5.88 Å². The minimum atomic E-state index is -0.654. The van der Waals surface area contributed by atoms with Crippen molar-refractivity contribution in [3.63, 3.8) is 0 Å². The zero-order chi connectivity index (χ0) is 21.7. The quantitative estimate of drug-likeness (QED) is 0.581. The molecule has 0 bridgehead atoms. The van der Waals surface area contributed by atoms with E-state index in [1.165, 1.54) is 18.2 Å². The van der Waals surface area contributed by atoms with Gasteiger partial charge in [0, 0.05) is 6.07 Å². The van der Waals surface area contributed by atoms with E-state index >= 15 is 0 Å². The van der Waals surface area contributed by atoms with E-state index in [1.807, 2.05) is 31.2 Å². The summed E-state index contributed by atoms with van der Waals surface area (Å²) in [5, 5.41) is 16.9. The number of aromatic hydroxyl groups is 1. The molecule has 1 heterocycles. The van der Waals surface area contributed by atoms with E-state index in [4.69, 9.17) is 4.74 Å². The maximum Gasteiger partial charge on any atom is 0.308 e. The van der Waals surface area contributed by atoms with Crippen LogP contribution in [-0.4, -0.2) is 33.4 Å². The number of hydrogen-bond donors (Lipinski definition) is 2. The van der Waals surface area contributed by atoms with Gasteiger partial charge in [-0.05, 0) is 37.1 Å². The summed E-state index contributed by atoms with van der Waals surface area (Å²) in [6.07, 6.45) is -0.0650. The van der Waals surface area contributed by atoms with Gasteiger partial charge in [-0.2, -0.15) is 9.78 Å². The number of aryl methyl sites for hydroxylation is 1. The van der Waals surface area contributed by atoms with Crippen LogP contribution in [0.2, 0.25) is 0 Å². The summed E-state index contributed by atoms with van der Waals surface area (Å²) in [5.41, 5.74) is 1.55. The Bertz CT molecular complexity index is 1060. The highest BCUT2D eigenvalue weighted by Gasteiger charge is 2.24. The summed E-state index contributed by atoms with van der Waals surface area (Å²) >= 11 is 0. The van der Waals surface area contributed by atoms with Crippen LogP contribution in [0.15, 0.2) is 54.6 Å². The van der Waals surface area contributed by atoms with Gasteiger partial charge in [0.25, 0.3) is 5.91 Å². The van der Waals surface area contributed by atoms with Gasteiger partial charge < -0.3 is 15.2 Å². The Hall–Kier alpha value is -3.68. The molecule has 0 unspecified atom stereocenters. The van der Waals surface area contributed by atoms with E-state index in [0.29, 0.717) is 0 Å². The van der Waals surface area contributed by atoms with Gasteiger partial charge in [-0.3, -0.25) is 9.59 Å². The average Bonchev–Trinajstić information content (AvgIpc) is 3.10. The minimum absolute atomic E-state index is 0.0102. The lowest BCUT2D eigenvalue weighted by molar-refractivity contribution is -0.143. The second-order valence-electron chi connectivity index (χ2n) is 6.64. The third kappa shape index (κ3) is 4.65. The molecule has 7 nitrogen and oxygen atoms in total. The van der Waals surface area contributed by atoms with Crippen LogP contribution in [-0.2, 0) is 9.53 Å². The van der Waals surface area contributed by atoms with Crippen LogP contribution in [0.25, 0.3) is 5.69 Å². The summed E-state index contributed by atoms with van der Waals surface area (Å²) < 4.78 is 20.0. The van der Waals surface area contributed by atoms with Gasteiger partial charge in [-0.25, -0.2) is 4.39 Å². The Morgan fingerprint density at radius 2 is 1.90 bits per heavy atom. The topological polar surface area (TPSA) is 93.5 Å². The lowest BCUT2D eigenvalue weighted by Gasteiger charge is -2.20. The molecule has 0 saturated heterocycles. The van der Waals surface area contributed by atoms with E-state index in [-0.39, 0.29) is 30.3 Å². The zero-order valence-electron chi connectivity index (χ0n) is 16.6. The first-order valence-electron chi connectivity index (χ1n) is 9.46. The number of hydrogen-bond acceptors (Lipinski definition) is 5. The molecule has 0 aliphatic heterocycles. The van der Waals surface area contributed by atoms with Crippen molar-refractivity contribution in [2.24, 2.45) is 0 Å². The largest absolute Gasteiger partial charge is 0.493 e. The number of halogens is 1. The smallest absolute Gasteiger partial charge is 0.308 e. The Labute approximate surface area is 173 Å². The van der Waals surface area contributed by atoms with Crippen LogP contribution >= 0.6 is 0 Å².